The Morgan fingerprint density at radius 1 is 1.12 bits per heavy atom. The molecule has 3 aromatic rings. The molecule has 1 saturated heterocycles. The van der Waals surface area contributed by atoms with Crippen molar-refractivity contribution in [2.24, 2.45) is 0 Å². The molecule has 0 aromatic carbocycles. The van der Waals surface area contributed by atoms with E-state index in [1.165, 1.54) is 16.6 Å². The first-order chi connectivity index (χ1) is 12.8. The van der Waals surface area contributed by atoms with Crippen LogP contribution in [0.2, 0.25) is 0 Å². The van der Waals surface area contributed by atoms with Gasteiger partial charge in [0.15, 0.2) is 0 Å². The smallest absolute Gasteiger partial charge is 0.277 e. The second-order valence-corrected chi connectivity index (χ2v) is 8.78. The van der Waals surface area contributed by atoms with E-state index in [1.807, 2.05) is 22.4 Å². The first-order valence-corrected chi connectivity index (χ1v) is 11.0. The number of nitrogens with zero attached hydrogens (tertiary/aromatic N) is 4. The zero-order valence-electron chi connectivity index (χ0n) is 14.0. The molecule has 4 rings (SSSR count). The van der Waals surface area contributed by atoms with Gasteiger partial charge in [-0.15, -0.1) is 32.9 Å². The Labute approximate surface area is 163 Å². The van der Waals surface area contributed by atoms with E-state index < -0.39 is 0 Å². The molecule has 0 bridgehead atoms. The number of thioether (sulfide) groups is 1. The Kier molecular flexibility index (Phi) is 5.68. The molecule has 0 spiro atoms. The van der Waals surface area contributed by atoms with Crippen LogP contribution in [0.1, 0.15) is 4.88 Å². The Hall–Kier alpha value is -1.68. The number of aromatic nitrogens is 2. The molecule has 0 N–H and O–H groups in total. The van der Waals surface area contributed by atoms with Crippen molar-refractivity contribution in [2.45, 2.75) is 11.8 Å². The van der Waals surface area contributed by atoms with Crippen molar-refractivity contribution >= 4 is 40.3 Å². The standard InChI is InChI=1S/C17H18N4O2S3/c22-15(12-26-17-19-18-16(23-17)14-4-2-10-25-14)21-7-5-20(6-8-21)11-13-3-1-9-24-13/h1-4,9-10H,5-8,11-12H2. The van der Waals surface area contributed by atoms with Crippen LogP contribution in [-0.4, -0.2) is 57.8 Å². The highest BCUT2D eigenvalue weighted by Gasteiger charge is 2.22. The van der Waals surface area contributed by atoms with Gasteiger partial charge in [-0.2, -0.15) is 0 Å². The lowest BCUT2D eigenvalue weighted by Gasteiger charge is -2.34. The molecule has 136 valence electrons. The van der Waals surface area contributed by atoms with Gasteiger partial charge in [-0.1, -0.05) is 23.9 Å². The SMILES string of the molecule is O=C(CSc1nnc(-c2cccs2)o1)N1CCN(Cc2cccs2)CC1. The summed E-state index contributed by atoms with van der Waals surface area (Å²) < 4.78 is 5.61. The van der Waals surface area contributed by atoms with Gasteiger partial charge in [-0.3, -0.25) is 9.69 Å². The van der Waals surface area contributed by atoms with Crippen molar-refractivity contribution in [3.8, 4) is 10.8 Å². The summed E-state index contributed by atoms with van der Waals surface area (Å²) >= 11 is 4.64. The van der Waals surface area contributed by atoms with Gasteiger partial charge in [0.05, 0.1) is 10.6 Å². The average Bonchev–Trinajstić information content (AvgIpc) is 3.41. The van der Waals surface area contributed by atoms with E-state index in [4.69, 9.17) is 4.42 Å². The Bertz CT molecular complexity index is 824. The van der Waals surface area contributed by atoms with Crippen LogP contribution in [0, 0.1) is 0 Å². The van der Waals surface area contributed by atoms with Crippen LogP contribution in [-0.2, 0) is 11.3 Å². The first-order valence-electron chi connectivity index (χ1n) is 8.30. The fourth-order valence-electron chi connectivity index (χ4n) is 2.76. The molecule has 1 amide bonds. The van der Waals surface area contributed by atoms with E-state index >= 15 is 0 Å². The monoisotopic (exact) mass is 406 g/mol. The largest absolute Gasteiger partial charge is 0.410 e. The average molecular weight is 407 g/mol. The van der Waals surface area contributed by atoms with Gasteiger partial charge in [-0.25, -0.2) is 0 Å². The summed E-state index contributed by atoms with van der Waals surface area (Å²) in [6.45, 7) is 4.35. The Morgan fingerprint density at radius 2 is 1.92 bits per heavy atom. The summed E-state index contributed by atoms with van der Waals surface area (Å²) in [7, 11) is 0. The number of thiophene rings is 2. The predicted octanol–water partition coefficient (Wildman–Crippen LogP) is 3.30. The second-order valence-electron chi connectivity index (χ2n) is 5.88. The summed E-state index contributed by atoms with van der Waals surface area (Å²) in [5.74, 6) is 0.968. The molecule has 0 atom stereocenters. The summed E-state index contributed by atoms with van der Waals surface area (Å²) in [6, 6.07) is 8.12. The van der Waals surface area contributed by atoms with Gasteiger partial charge >= 0.3 is 0 Å². The Morgan fingerprint density at radius 3 is 2.65 bits per heavy atom. The topological polar surface area (TPSA) is 62.5 Å². The van der Waals surface area contributed by atoms with Crippen molar-refractivity contribution in [1.29, 1.82) is 0 Å². The molecule has 26 heavy (non-hydrogen) atoms. The lowest BCUT2D eigenvalue weighted by molar-refractivity contribution is -0.130. The number of carbonyl (C=O) groups excluding carboxylic acids is 1. The first kappa shape index (κ1) is 17.7. The molecule has 0 aliphatic carbocycles. The van der Waals surface area contributed by atoms with Crippen molar-refractivity contribution < 1.29 is 9.21 Å². The maximum Gasteiger partial charge on any atom is 0.277 e. The number of amides is 1. The molecule has 3 aromatic heterocycles. The summed E-state index contributed by atoms with van der Waals surface area (Å²) in [4.78, 5) is 19.1. The van der Waals surface area contributed by atoms with Gasteiger partial charge in [0.2, 0.25) is 5.91 Å². The minimum absolute atomic E-state index is 0.127. The highest BCUT2D eigenvalue weighted by molar-refractivity contribution is 7.99. The third kappa shape index (κ3) is 4.35. The predicted molar refractivity (Wildman–Crippen MR) is 105 cm³/mol. The zero-order chi connectivity index (χ0) is 17.8. The van der Waals surface area contributed by atoms with Gasteiger partial charge in [0.1, 0.15) is 0 Å². The van der Waals surface area contributed by atoms with Crippen molar-refractivity contribution in [3.05, 3.63) is 39.9 Å². The molecule has 4 heterocycles. The minimum Gasteiger partial charge on any atom is -0.410 e. The van der Waals surface area contributed by atoms with Crippen LogP contribution >= 0.6 is 34.4 Å². The van der Waals surface area contributed by atoms with Crippen LogP contribution in [0.4, 0.5) is 0 Å². The molecule has 6 nitrogen and oxygen atoms in total. The van der Waals surface area contributed by atoms with Gasteiger partial charge in [-0.05, 0) is 22.9 Å². The third-order valence-electron chi connectivity index (χ3n) is 4.14. The molecule has 1 aliphatic rings. The van der Waals surface area contributed by atoms with Crippen LogP contribution in [0.5, 0.6) is 0 Å². The van der Waals surface area contributed by atoms with Crippen molar-refractivity contribution in [2.75, 3.05) is 31.9 Å². The van der Waals surface area contributed by atoms with Gasteiger partial charge < -0.3 is 9.32 Å². The summed E-state index contributed by atoms with van der Waals surface area (Å²) in [5, 5.41) is 12.6. The van der Waals surface area contributed by atoms with E-state index in [0.717, 1.165) is 37.6 Å². The van der Waals surface area contributed by atoms with Gasteiger partial charge in [0.25, 0.3) is 11.1 Å². The molecule has 0 radical (unpaired) electrons. The molecule has 0 saturated carbocycles. The highest BCUT2D eigenvalue weighted by atomic mass is 32.2. The van der Waals surface area contributed by atoms with Crippen molar-refractivity contribution in [1.82, 2.24) is 20.0 Å². The summed E-state index contributed by atoms with van der Waals surface area (Å²) in [5.41, 5.74) is 0. The number of carbonyl (C=O) groups is 1. The summed E-state index contributed by atoms with van der Waals surface area (Å²) in [6.07, 6.45) is 0. The number of rotatable bonds is 6. The molecular formula is C17H18N4O2S3. The lowest BCUT2D eigenvalue weighted by Crippen LogP contribution is -2.48. The molecular weight excluding hydrogens is 388 g/mol. The fourth-order valence-corrected chi connectivity index (χ4v) is 4.82. The van der Waals surface area contributed by atoms with Crippen LogP contribution in [0.3, 0.4) is 0 Å². The zero-order valence-corrected chi connectivity index (χ0v) is 16.5. The van der Waals surface area contributed by atoms with Crippen LogP contribution in [0.25, 0.3) is 10.8 Å². The Balaban J connectivity index is 1.23. The quantitative estimate of drug-likeness (QED) is 0.586. The number of piperazine rings is 1. The highest BCUT2D eigenvalue weighted by Crippen LogP contribution is 2.26. The second kappa shape index (κ2) is 8.34. The molecule has 0 unspecified atom stereocenters. The van der Waals surface area contributed by atoms with Crippen LogP contribution < -0.4 is 0 Å². The fraction of sp³-hybridized carbons (Fsp3) is 0.353. The molecule has 9 heteroatoms. The maximum atomic E-state index is 12.4. The van der Waals surface area contributed by atoms with Crippen LogP contribution in [0.15, 0.2) is 44.7 Å². The van der Waals surface area contributed by atoms with Crippen molar-refractivity contribution in [3.63, 3.8) is 0 Å². The number of hydrogen-bond donors (Lipinski definition) is 0. The number of hydrogen-bond acceptors (Lipinski definition) is 8. The minimum atomic E-state index is 0.127. The van der Waals surface area contributed by atoms with E-state index in [2.05, 4.69) is 32.6 Å². The van der Waals surface area contributed by atoms with E-state index in [9.17, 15) is 4.79 Å². The molecule has 1 aliphatic heterocycles. The molecule has 1 fully saturated rings. The third-order valence-corrected chi connectivity index (χ3v) is 6.66. The van der Waals surface area contributed by atoms with Gasteiger partial charge in [0, 0.05) is 37.6 Å². The van der Waals surface area contributed by atoms with E-state index in [-0.39, 0.29) is 5.91 Å². The normalized spacial score (nSPS) is 15.5. The van der Waals surface area contributed by atoms with E-state index in [1.54, 1.807) is 22.7 Å². The lowest BCUT2D eigenvalue weighted by atomic mass is 10.3. The van der Waals surface area contributed by atoms with E-state index in [0.29, 0.717) is 16.9 Å². The maximum absolute atomic E-state index is 12.4.